The maximum Gasteiger partial charge on any atom is 0.471 e. The van der Waals surface area contributed by atoms with Gasteiger partial charge < -0.3 is 9.09 Å². The van der Waals surface area contributed by atoms with Crippen molar-refractivity contribution in [2.45, 2.75) is 19.6 Å². The van der Waals surface area contributed by atoms with E-state index >= 15 is 0 Å². The zero-order chi connectivity index (χ0) is 19.1. The molecule has 0 saturated carbocycles. The van der Waals surface area contributed by atoms with E-state index in [1.54, 1.807) is 18.2 Å². The standard InChI is InChI=1S/C15H15F3N4O3S/c1-9-8-22(6-5-19-26(2,23)24)12-7-10(3-4-11(9)12)13-20-14(25-21-13)15(16,17)18/h3-4,7-8,19H,5-6H2,1-2H3. The number of aromatic nitrogens is 3. The van der Waals surface area contributed by atoms with Gasteiger partial charge in [0.25, 0.3) is 0 Å². The summed E-state index contributed by atoms with van der Waals surface area (Å²) in [6.07, 6.45) is -1.79. The normalized spacial score (nSPS) is 12.8. The Bertz CT molecular complexity index is 1050. The smallest absolute Gasteiger partial charge is 0.346 e. The van der Waals surface area contributed by atoms with Crippen LogP contribution in [0.15, 0.2) is 28.9 Å². The van der Waals surface area contributed by atoms with Crippen molar-refractivity contribution < 1.29 is 26.1 Å². The SMILES string of the molecule is Cc1cn(CCNS(C)(=O)=O)c2cc(-c3noc(C(F)(F)F)n3)ccc12. The number of aryl methyl sites for hydroxylation is 1. The molecule has 0 unspecified atom stereocenters. The lowest BCUT2D eigenvalue weighted by atomic mass is 10.1. The molecule has 2 heterocycles. The minimum Gasteiger partial charge on any atom is -0.346 e. The van der Waals surface area contributed by atoms with Gasteiger partial charge in [-0.2, -0.15) is 18.2 Å². The number of fused-ring (bicyclic) bond motifs is 1. The van der Waals surface area contributed by atoms with Crippen LogP contribution in [0.2, 0.25) is 0 Å². The van der Waals surface area contributed by atoms with Gasteiger partial charge >= 0.3 is 12.1 Å². The first-order chi connectivity index (χ1) is 12.0. The minimum absolute atomic E-state index is 0.168. The van der Waals surface area contributed by atoms with Crippen molar-refractivity contribution in [3.8, 4) is 11.4 Å². The topological polar surface area (TPSA) is 90.0 Å². The van der Waals surface area contributed by atoms with Gasteiger partial charge in [-0.25, -0.2) is 13.1 Å². The fourth-order valence-electron chi connectivity index (χ4n) is 2.61. The first-order valence-electron chi connectivity index (χ1n) is 7.50. The highest BCUT2D eigenvalue weighted by molar-refractivity contribution is 7.88. The maximum atomic E-state index is 12.6. The van der Waals surface area contributed by atoms with Crippen LogP contribution < -0.4 is 4.72 Å². The Morgan fingerprint density at radius 3 is 2.65 bits per heavy atom. The highest BCUT2D eigenvalue weighted by Crippen LogP contribution is 2.31. The number of nitrogens with zero attached hydrogens (tertiary/aromatic N) is 3. The van der Waals surface area contributed by atoms with Crippen molar-refractivity contribution in [3.05, 3.63) is 35.9 Å². The van der Waals surface area contributed by atoms with Gasteiger partial charge in [0.15, 0.2) is 0 Å². The third kappa shape index (κ3) is 3.88. The summed E-state index contributed by atoms with van der Waals surface area (Å²) in [6.45, 7) is 2.44. The fraction of sp³-hybridized carbons (Fsp3) is 0.333. The Balaban J connectivity index is 1.94. The molecule has 0 saturated heterocycles. The van der Waals surface area contributed by atoms with E-state index in [9.17, 15) is 21.6 Å². The van der Waals surface area contributed by atoms with Crippen LogP contribution in [0.25, 0.3) is 22.3 Å². The van der Waals surface area contributed by atoms with Crippen LogP contribution in [0.4, 0.5) is 13.2 Å². The monoisotopic (exact) mass is 388 g/mol. The van der Waals surface area contributed by atoms with E-state index in [2.05, 4.69) is 19.4 Å². The van der Waals surface area contributed by atoms with Gasteiger partial charge in [-0.1, -0.05) is 17.3 Å². The summed E-state index contributed by atoms with van der Waals surface area (Å²) in [6, 6.07) is 5.01. The number of alkyl halides is 3. The summed E-state index contributed by atoms with van der Waals surface area (Å²) in [7, 11) is -3.31. The Morgan fingerprint density at radius 2 is 2.04 bits per heavy atom. The Hall–Kier alpha value is -2.40. The van der Waals surface area contributed by atoms with Gasteiger partial charge in [-0.15, -0.1) is 0 Å². The van der Waals surface area contributed by atoms with Crippen molar-refractivity contribution in [2.75, 3.05) is 12.8 Å². The summed E-state index contributed by atoms with van der Waals surface area (Å²) >= 11 is 0. The summed E-state index contributed by atoms with van der Waals surface area (Å²) in [5.41, 5.74) is 2.05. The van der Waals surface area contributed by atoms with Gasteiger partial charge in [0.1, 0.15) is 0 Å². The molecule has 2 aromatic heterocycles. The second-order valence-corrected chi connectivity index (χ2v) is 7.66. The van der Waals surface area contributed by atoms with E-state index in [0.717, 1.165) is 22.7 Å². The van der Waals surface area contributed by atoms with Gasteiger partial charge in [0.2, 0.25) is 15.8 Å². The lowest BCUT2D eigenvalue weighted by molar-refractivity contribution is -0.159. The lowest BCUT2D eigenvalue weighted by Gasteiger charge is -2.06. The van der Waals surface area contributed by atoms with Crippen LogP contribution in [0.1, 0.15) is 11.5 Å². The number of rotatable bonds is 5. The molecule has 0 radical (unpaired) electrons. The molecule has 0 spiro atoms. The molecule has 1 aromatic carbocycles. The minimum atomic E-state index is -4.70. The van der Waals surface area contributed by atoms with Gasteiger partial charge in [0, 0.05) is 35.8 Å². The van der Waals surface area contributed by atoms with Crippen LogP contribution in [0, 0.1) is 6.92 Å². The zero-order valence-electron chi connectivity index (χ0n) is 13.8. The van der Waals surface area contributed by atoms with Crippen LogP contribution in [-0.2, 0) is 22.7 Å². The first-order valence-corrected chi connectivity index (χ1v) is 9.39. The molecular weight excluding hydrogens is 373 g/mol. The molecule has 1 N–H and O–H groups in total. The van der Waals surface area contributed by atoms with Crippen molar-refractivity contribution in [1.82, 2.24) is 19.4 Å². The predicted molar refractivity (Wildman–Crippen MR) is 87.8 cm³/mol. The van der Waals surface area contributed by atoms with Gasteiger partial charge in [0.05, 0.1) is 6.26 Å². The molecule has 0 aliphatic rings. The molecule has 0 aliphatic heterocycles. The van der Waals surface area contributed by atoms with E-state index in [4.69, 9.17) is 0 Å². The molecule has 0 aliphatic carbocycles. The summed E-state index contributed by atoms with van der Waals surface area (Å²) in [4.78, 5) is 3.39. The summed E-state index contributed by atoms with van der Waals surface area (Å²) in [5.74, 6) is -1.57. The Kier molecular flexibility index (Phi) is 4.53. The highest BCUT2D eigenvalue weighted by Gasteiger charge is 2.38. The van der Waals surface area contributed by atoms with E-state index in [1.165, 1.54) is 0 Å². The lowest BCUT2D eigenvalue weighted by Crippen LogP contribution is -2.25. The molecule has 0 atom stereocenters. The van der Waals surface area contributed by atoms with Crippen molar-refractivity contribution >= 4 is 20.9 Å². The van der Waals surface area contributed by atoms with Crippen molar-refractivity contribution in [1.29, 1.82) is 0 Å². The van der Waals surface area contributed by atoms with Gasteiger partial charge in [-0.05, 0) is 18.6 Å². The van der Waals surface area contributed by atoms with E-state index in [0.29, 0.717) is 12.1 Å². The molecule has 7 nitrogen and oxygen atoms in total. The predicted octanol–water partition coefficient (Wildman–Crippen LogP) is 2.57. The molecule has 0 amide bonds. The number of hydrogen-bond acceptors (Lipinski definition) is 5. The second kappa shape index (κ2) is 6.40. The maximum absolute atomic E-state index is 12.6. The first kappa shape index (κ1) is 18.4. The van der Waals surface area contributed by atoms with E-state index < -0.39 is 22.1 Å². The summed E-state index contributed by atoms with van der Waals surface area (Å²) in [5, 5.41) is 4.28. The number of sulfonamides is 1. The molecule has 140 valence electrons. The number of halogens is 3. The zero-order valence-corrected chi connectivity index (χ0v) is 14.6. The molecule has 0 bridgehead atoms. The molecular formula is C15H15F3N4O3S. The summed E-state index contributed by atoms with van der Waals surface area (Å²) < 4.78 is 68.7. The molecule has 3 rings (SSSR count). The van der Waals surface area contributed by atoms with Crippen LogP contribution in [-0.4, -0.2) is 35.9 Å². The Morgan fingerprint density at radius 1 is 1.31 bits per heavy atom. The Labute approximate surface area is 146 Å². The third-order valence-electron chi connectivity index (χ3n) is 3.73. The fourth-order valence-corrected chi connectivity index (χ4v) is 3.07. The highest BCUT2D eigenvalue weighted by atomic mass is 32.2. The number of hydrogen-bond donors (Lipinski definition) is 1. The third-order valence-corrected chi connectivity index (χ3v) is 4.45. The molecule has 11 heteroatoms. The molecule has 26 heavy (non-hydrogen) atoms. The number of nitrogens with one attached hydrogen (secondary N) is 1. The molecule has 0 fully saturated rings. The van der Waals surface area contributed by atoms with Crippen LogP contribution in [0.5, 0.6) is 0 Å². The van der Waals surface area contributed by atoms with Crippen molar-refractivity contribution in [3.63, 3.8) is 0 Å². The number of benzene rings is 1. The van der Waals surface area contributed by atoms with E-state index in [-0.39, 0.29) is 12.4 Å². The average Bonchev–Trinajstić information content (AvgIpc) is 3.12. The average molecular weight is 388 g/mol. The van der Waals surface area contributed by atoms with E-state index in [1.807, 2.05) is 17.7 Å². The van der Waals surface area contributed by atoms with Crippen LogP contribution in [0.3, 0.4) is 0 Å². The molecule has 3 aromatic rings. The quantitative estimate of drug-likeness (QED) is 0.726. The van der Waals surface area contributed by atoms with Crippen molar-refractivity contribution in [2.24, 2.45) is 0 Å². The van der Waals surface area contributed by atoms with Crippen LogP contribution >= 0.6 is 0 Å². The van der Waals surface area contributed by atoms with Gasteiger partial charge in [-0.3, -0.25) is 0 Å². The largest absolute Gasteiger partial charge is 0.471 e. The second-order valence-electron chi connectivity index (χ2n) is 5.82.